The number of methoxy groups -OCH3 is 1. The van der Waals surface area contributed by atoms with Crippen LogP contribution in [-0.4, -0.2) is 23.8 Å². The van der Waals surface area contributed by atoms with Crippen molar-refractivity contribution in [3.63, 3.8) is 0 Å². The van der Waals surface area contributed by atoms with Gasteiger partial charge in [0.1, 0.15) is 5.58 Å². The molecule has 2 aliphatic rings. The van der Waals surface area contributed by atoms with Crippen LogP contribution in [0.2, 0.25) is 0 Å². The zero-order valence-corrected chi connectivity index (χ0v) is 11.5. The molecule has 1 aromatic heterocycles. The Balaban J connectivity index is 2.02. The molecule has 2 aromatic rings. The number of fused-ring (bicyclic) bond motifs is 5. The van der Waals surface area contributed by atoms with Crippen LogP contribution in [0.25, 0.3) is 11.0 Å². The fourth-order valence-electron chi connectivity index (χ4n) is 3.20. The van der Waals surface area contributed by atoms with Gasteiger partial charge in [0.05, 0.1) is 13.0 Å². The molecule has 2 unspecified atom stereocenters. The van der Waals surface area contributed by atoms with Gasteiger partial charge in [0.2, 0.25) is 5.79 Å². The highest BCUT2D eigenvalue weighted by Crippen LogP contribution is 2.50. The Labute approximate surface area is 120 Å². The van der Waals surface area contributed by atoms with E-state index in [4.69, 9.17) is 13.9 Å². The first-order valence-corrected chi connectivity index (χ1v) is 6.74. The maximum absolute atomic E-state index is 11.7. The largest absolute Gasteiger partial charge is 0.457 e. The van der Waals surface area contributed by atoms with Crippen LogP contribution in [0.4, 0.5) is 0 Å². The number of allylic oxidation sites excluding steroid dienone is 1. The molecule has 0 spiro atoms. The molecule has 0 saturated carbocycles. The molecule has 2 atom stereocenters. The highest BCUT2D eigenvalue weighted by Gasteiger charge is 2.60. The summed E-state index contributed by atoms with van der Waals surface area (Å²) in [4.78, 5) is 11.7. The fraction of sp³-hybridized carbons (Fsp3) is 0.312. The molecular weight excluding hydrogens is 272 g/mol. The van der Waals surface area contributed by atoms with Gasteiger partial charge in [-0.05, 0) is 18.2 Å². The van der Waals surface area contributed by atoms with Crippen molar-refractivity contribution in [1.29, 1.82) is 0 Å². The molecule has 0 fully saturated rings. The van der Waals surface area contributed by atoms with Crippen molar-refractivity contribution in [3.05, 3.63) is 47.7 Å². The summed E-state index contributed by atoms with van der Waals surface area (Å²) in [5.74, 6) is -1.19. The summed E-state index contributed by atoms with van der Waals surface area (Å²) in [5, 5.41) is 12.0. The van der Waals surface area contributed by atoms with Crippen LogP contribution in [0, 0.1) is 0 Å². The molecule has 0 radical (unpaired) electrons. The molecule has 108 valence electrons. The Morgan fingerprint density at radius 1 is 1.33 bits per heavy atom. The lowest BCUT2D eigenvalue weighted by Gasteiger charge is -2.47. The van der Waals surface area contributed by atoms with Gasteiger partial charge in [0, 0.05) is 18.1 Å². The van der Waals surface area contributed by atoms with E-state index >= 15 is 0 Å². The molecule has 4 rings (SSSR count). The first-order valence-electron chi connectivity index (χ1n) is 6.74. The van der Waals surface area contributed by atoms with Gasteiger partial charge in [0.15, 0.2) is 17.1 Å². The van der Waals surface area contributed by atoms with Crippen molar-refractivity contribution in [2.45, 2.75) is 24.4 Å². The number of ketones is 1. The summed E-state index contributed by atoms with van der Waals surface area (Å²) < 4.78 is 17.0. The minimum absolute atomic E-state index is 0.0486. The van der Waals surface area contributed by atoms with Crippen LogP contribution in [0.1, 0.15) is 17.7 Å². The number of furan rings is 1. The van der Waals surface area contributed by atoms with Crippen LogP contribution >= 0.6 is 0 Å². The minimum atomic E-state index is -1.61. The normalized spacial score (nSPS) is 31.2. The van der Waals surface area contributed by atoms with Gasteiger partial charge in [-0.15, -0.1) is 0 Å². The van der Waals surface area contributed by atoms with Crippen LogP contribution in [0.3, 0.4) is 0 Å². The smallest absolute Gasteiger partial charge is 0.216 e. The number of carbonyl (C=O) groups is 1. The molecule has 1 aliphatic heterocycles. The van der Waals surface area contributed by atoms with E-state index in [2.05, 4.69) is 0 Å². The Bertz CT molecular complexity index is 774. The topological polar surface area (TPSA) is 68.9 Å². The van der Waals surface area contributed by atoms with Gasteiger partial charge < -0.3 is 19.0 Å². The van der Waals surface area contributed by atoms with Crippen LogP contribution in [-0.2, 0) is 26.5 Å². The molecule has 0 saturated heterocycles. The zero-order chi connectivity index (χ0) is 14.7. The van der Waals surface area contributed by atoms with Gasteiger partial charge >= 0.3 is 0 Å². The number of carbonyl (C=O) groups excluding carboxylic acids is 1. The van der Waals surface area contributed by atoms with E-state index < -0.39 is 11.4 Å². The molecule has 5 heteroatoms. The van der Waals surface area contributed by atoms with Crippen LogP contribution in [0.15, 0.2) is 40.8 Å². The lowest BCUT2D eigenvalue weighted by Crippen LogP contribution is -2.59. The zero-order valence-electron chi connectivity index (χ0n) is 11.5. The quantitative estimate of drug-likeness (QED) is 0.868. The molecule has 1 aromatic carbocycles. The monoisotopic (exact) mass is 286 g/mol. The summed E-state index contributed by atoms with van der Waals surface area (Å²) >= 11 is 0. The molecule has 1 N–H and O–H groups in total. The predicted octanol–water partition coefficient (Wildman–Crippen LogP) is 2.02. The third kappa shape index (κ3) is 1.48. The van der Waals surface area contributed by atoms with Gasteiger partial charge in [-0.1, -0.05) is 18.2 Å². The van der Waals surface area contributed by atoms with E-state index in [-0.39, 0.29) is 18.8 Å². The van der Waals surface area contributed by atoms with E-state index in [1.807, 2.05) is 24.3 Å². The second-order valence-corrected chi connectivity index (χ2v) is 5.39. The van der Waals surface area contributed by atoms with Gasteiger partial charge in [-0.3, -0.25) is 4.79 Å². The van der Waals surface area contributed by atoms with Crippen molar-refractivity contribution < 1.29 is 23.8 Å². The Hall–Kier alpha value is -1.95. The first-order chi connectivity index (χ1) is 10.1. The third-order valence-electron chi connectivity index (χ3n) is 4.32. The molecular formula is C16H14O5. The van der Waals surface area contributed by atoms with Crippen LogP contribution in [0.5, 0.6) is 0 Å². The Kier molecular flexibility index (Phi) is 2.45. The van der Waals surface area contributed by atoms with Crippen molar-refractivity contribution >= 4 is 16.8 Å². The van der Waals surface area contributed by atoms with Crippen molar-refractivity contribution in [1.82, 2.24) is 0 Å². The van der Waals surface area contributed by atoms with Crippen LogP contribution < -0.4 is 0 Å². The van der Waals surface area contributed by atoms with E-state index in [0.29, 0.717) is 11.3 Å². The highest BCUT2D eigenvalue weighted by atomic mass is 16.7. The number of hydrogen-bond donors (Lipinski definition) is 1. The van der Waals surface area contributed by atoms with E-state index in [0.717, 1.165) is 10.9 Å². The number of para-hydroxylation sites is 1. The van der Waals surface area contributed by atoms with Crippen molar-refractivity contribution in [2.24, 2.45) is 0 Å². The highest BCUT2D eigenvalue weighted by molar-refractivity contribution is 5.92. The third-order valence-corrected chi connectivity index (χ3v) is 4.32. The molecule has 2 heterocycles. The molecule has 21 heavy (non-hydrogen) atoms. The standard InChI is InChI=1S/C16H14O5/c1-19-16-8-10(17)6-7-15(16,18)14-12(9-20-16)11-4-2-3-5-13(11)21-14/h2-7,18H,8-9H2,1H3. The fourth-order valence-corrected chi connectivity index (χ4v) is 3.20. The average Bonchev–Trinajstić information content (AvgIpc) is 2.88. The summed E-state index contributed by atoms with van der Waals surface area (Å²) in [6, 6.07) is 7.53. The predicted molar refractivity (Wildman–Crippen MR) is 73.4 cm³/mol. The number of hydrogen-bond acceptors (Lipinski definition) is 5. The lowest BCUT2D eigenvalue weighted by atomic mass is 9.78. The lowest BCUT2D eigenvalue weighted by molar-refractivity contribution is -0.321. The number of benzene rings is 1. The minimum Gasteiger partial charge on any atom is -0.457 e. The van der Waals surface area contributed by atoms with Gasteiger partial charge in [0.25, 0.3) is 0 Å². The Morgan fingerprint density at radius 2 is 2.14 bits per heavy atom. The van der Waals surface area contributed by atoms with Crippen molar-refractivity contribution in [2.75, 3.05) is 7.11 Å². The molecule has 5 nitrogen and oxygen atoms in total. The number of ether oxygens (including phenoxy) is 2. The summed E-state index contributed by atoms with van der Waals surface area (Å²) in [6.45, 7) is 0.226. The maximum Gasteiger partial charge on any atom is 0.216 e. The second kappa shape index (κ2) is 4.04. The molecule has 1 aliphatic carbocycles. The van der Waals surface area contributed by atoms with E-state index in [1.165, 1.54) is 19.3 Å². The summed E-state index contributed by atoms with van der Waals surface area (Å²) in [5.41, 5.74) is -0.140. The summed E-state index contributed by atoms with van der Waals surface area (Å²) in [6.07, 6.45) is 2.71. The SMILES string of the molecule is COC12CC(=O)C=CC1(O)c1oc3ccccc3c1CO2. The molecule has 0 bridgehead atoms. The van der Waals surface area contributed by atoms with E-state index in [1.54, 1.807) is 0 Å². The second-order valence-electron chi connectivity index (χ2n) is 5.39. The maximum atomic E-state index is 11.7. The first kappa shape index (κ1) is 12.8. The Morgan fingerprint density at radius 3 is 2.95 bits per heavy atom. The molecule has 0 amide bonds. The summed E-state index contributed by atoms with van der Waals surface area (Å²) in [7, 11) is 1.42. The number of rotatable bonds is 1. The van der Waals surface area contributed by atoms with Gasteiger partial charge in [-0.2, -0.15) is 0 Å². The van der Waals surface area contributed by atoms with E-state index in [9.17, 15) is 9.90 Å². The number of aliphatic hydroxyl groups is 1. The average molecular weight is 286 g/mol. The van der Waals surface area contributed by atoms with Crippen molar-refractivity contribution in [3.8, 4) is 0 Å². The van der Waals surface area contributed by atoms with Gasteiger partial charge in [-0.25, -0.2) is 0 Å².